The van der Waals surface area contributed by atoms with Crippen molar-refractivity contribution in [3.8, 4) is 5.75 Å². The van der Waals surface area contributed by atoms with E-state index < -0.39 is 0 Å². The second kappa shape index (κ2) is 7.86. The van der Waals surface area contributed by atoms with Crippen LogP contribution in [0.1, 0.15) is 5.56 Å². The van der Waals surface area contributed by atoms with Gasteiger partial charge in [0.2, 0.25) is 5.91 Å². The number of fused-ring (bicyclic) bond motifs is 1. The predicted octanol–water partition coefficient (Wildman–Crippen LogP) is 2.45. The number of ether oxygens (including phenoxy) is 1. The molecular formula is C16H21ClN2O2. The molecule has 0 fully saturated rings. The molecule has 1 amide bonds. The van der Waals surface area contributed by atoms with Gasteiger partial charge in [0.1, 0.15) is 5.75 Å². The maximum absolute atomic E-state index is 11.7. The molecule has 0 unspecified atom stereocenters. The van der Waals surface area contributed by atoms with Gasteiger partial charge in [-0.2, -0.15) is 0 Å². The first-order valence-electron chi connectivity index (χ1n) is 6.59. The highest BCUT2D eigenvalue weighted by molar-refractivity contribution is 5.85. The molecule has 1 N–H and O–H groups in total. The van der Waals surface area contributed by atoms with Crippen LogP contribution in [0.25, 0.3) is 10.8 Å². The van der Waals surface area contributed by atoms with Gasteiger partial charge in [0, 0.05) is 13.6 Å². The van der Waals surface area contributed by atoms with E-state index in [1.54, 1.807) is 19.1 Å². The number of halogens is 1. The average Bonchev–Trinajstić information content (AvgIpc) is 2.46. The van der Waals surface area contributed by atoms with Gasteiger partial charge >= 0.3 is 0 Å². The molecule has 2 rings (SSSR count). The molecule has 0 spiro atoms. The van der Waals surface area contributed by atoms with Crippen LogP contribution in [-0.2, 0) is 11.3 Å². The molecule has 0 aliphatic carbocycles. The van der Waals surface area contributed by atoms with E-state index in [2.05, 4.69) is 17.4 Å². The van der Waals surface area contributed by atoms with Crippen molar-refractivity contribution in [2.45, 2.75) is 6.54 Å². The molecule has 2 aromatic rings. The molecule has 0 bridgehead atoms. The average molecular weight is 309 g/mol. The Hall–Kier alpha value is -1.78. The minimum atomic E-state index is 0. The van der Waals surface area contributed by atoms with Crippen molar-refractivity contribution in [1.82, 2.24) is 10.2 Å². The third-order valence-electron chi connectivity index (χ3n) is 3.29. The molecule has 4 nitrogen and oxygen atoms in total. The van der Waals surface area contributed by atoms with Gasteiger partial charge in [-0.1, -0.05) is 18.2 Å². The van der Waals surface area contributed by atoms with Crippen molar-refractivity contribution in [1.29, 1.82) is 0 Å². The molecule has 0 radical (unpaired) electrons. The van der Waals surface area contributed by atoms with Gasteiger partial charge in [-0.25, -0.2) is 0 Å². The SMILES string of the molecule is CNCC(=O)N(C)Cc1ccc2cc(OC)ccc2c1.Cl. The summed E-state index contributed by atoms with van der Waals surface area (Å²) in [6.45, 7) is 0.976. The molecule has 0 saturated heterocycles. The van der Waals surface area contributed by atoms with E-state index in [4.69, 9.17) is 4.74 Å². The third kappa shape index (κ3) is 4.34. The molecule has 0 atom stereocenters. The summed E-state index contributed by atoms with van der Waals surface area (Å²) in [5.41, 5.74) is 1.12. The molecule has 0 heterocycles. The largest absolute Gasteiger partial charge is 0.497 e. The Bertz CT molecular complexity index is 616. The first kappa shape index (κ1) is 17.3. The number of benzene rings is 2. The smallest absolute Gasteiger partial charge is 0.236 e. The van der Waals surface area contributed by atoms with Crippen molar-refractivity contribution < 1.29 is 9.53 Å². The Kier molecular flexibility index (Phi) is 6.46. The fraction of sp³-hybridized carbons (Fsp3) is 0.312. The summed E-state index contributed by atoms with van der Waals surface area (Å²) in [7, 11) is 5.25. The summed E-state index contributed by atoms with van der Waals surface area (Å²) in [5.74, 6) is 0.939. The van der Waals surface area contributed by atoms with E-state index in [0.717, 1.165) is 22.1 Å². The molecule has 21 heavy (non-hydrogen) atoms. The van der Waals surface area contributed by atoms with E-state index in [-0.39, 0.29) is 18.3 Å². The lowest BCUT2D eigenvalue weighted by atomic mass is 10.1. The zero-order valence-electron chi connectivity index (χ0n) is 12.6. The van der Waals surface area contributed by atoms with Crippen molar-refractivity contribution in [2.24, 2.45) is 0 Å². The van der Waals surface area contributed by atoms with Crippen LogP contribution in [0.15, 0.2) is 36.4 Å². The minimum Gasteiger partial charge on any atom is -0.497 e. The van der Waals surface area contributed by atoms with E-state index in [9.17, 15) is 4.79 Å². The minimum absolute atomic E-state index is 0. The zero-order chi connectivity index (χ0) is 14.5. The Morgan fingerprint density at radius 3 is 2.52 bits per heavy atom. The summed E-state index contributed by atoms with van der Waals surface area (Å²) < 4.78 is 5.22. The van der Waals surface area contributed by atoms with Crippen molar-refractivity contribution >= 4 is 29.1 Å². The first-order valence-corrected chi connectivity index (χ1v) is 6.59. The first-order chi connectivity index (χ1) is 9.63. The second-order valence-corrected chi connectivity index (χ2v) is 4.83. The fourth-order valence-electron chi connectivity index (χ4n) is 2.15. The second-order valence-electron chi connectivity index (χ2n) is 4.83. The van der Waals surface area contributed by atoms with Crippen LogP contribution in [0, 0.1) is 0 Å². The highest BCUT2D eigenvalue weighted by Crippen LogP contribution is 2.22. The van der Waals surface area contributed by atoms with Crippen molar-refractivity contribution in [2.75, 3.05) is 27.7 Å². The number of nitrogens with one attached hydrogen (secondary N) is 1. The summed E-state index contributed by atoms with van der Waals surface area (Å²) in [6, 6.07) is 12.2. The summed E-state index contributed by atoms with van der Waals surface area (Å²) in [4.78, 5) is 13.5. The Morgan fingerprint density at radius 1 is 1.19 bits per heavy atom. The van der Waals surface area contributed by atoms with Gasteiger partial charge in [-0.05, 0) is 41.6 Å². The number of hydrogen-bond donors (Lipinski definition) is 1. The number of amides is 1. The maximum atomic E-state index is 11.7. The summed E-state index contributed by atoms with van der Waals surface area (Å²) in [6.07, 6.45) is 0. The fourth-order valence-corrected chi connectivity index (χ4v) is 2.15. The molecule has 0 aromatic heterocycles. The summed E-state index contributed by atoms with van der Waals surface area (Å²) in [5, 5.41) is 5.16. The highest BCUT2D eigenvalue weighted by Gasteiger charge is 2.08. The topological polar surface area (TPSA) is 41.6 Å². The lowest BCUT2D eigenvalue weighted by Gasteiger charge is -2.17. The van der Waals surface area contributed by atoms with Crippen LogP contribution in [0.3, 0.4) is 0 Å². The van der Waals surface area contributed by atoms with Gasteiger partial charge in [0.25, 0.3) is 0 Å². The number of carbonyl (C=O) groups is 1. The van der Waals surface area contributed by atoms with Gasteiger partial charge < -0.3 is 15.0 Å². The third-order valence-corrected chi connectivity index (χ3v) is 3.29. The number of methoxy groups -OCH3 is 1. The van der Waals surface area contributed by atoms with Gasteiger partial charge in [0.15, 0.2) is 0 Å². The molecule has 2 aromatic carbocycles. The van der Waals surface area contributed by atoms with Crippen LogP contribution < -0.4 is 10.1 Å². The van der Waals surface area contributed by atoms with E-state index >= 15 is 0 Å². The summed E-state index contributed by atoms with van der Waals surface area (Å²) >= 11 is 0. The molecule has 114 valence electrons. The Morgan fingerprint density at radius 2 is 1.86 bits per heavy atom. The molecular weight excluding hydrogens is 288 g/mol. The van der Waals surface area contributed by atoms with Crippen molar-refractivity contribution in [3.05, 3.63) is 42.0 Å². The number of carbonyl (C=O) groups excluding carboxylic acids is 1. The van der Waals surface area contributed by atoms with Crippen LogP contribution >= 0.6 is 12.4 Å². The number of likely N-dealkylation sites (N-methyl/N-ethyl adjacent to an activating group) is 2. The van der Waals surface area contributed by atoms with Gasteiger partial charge in [0.05, 0.1) is 13.7 Å². The predicted molar refractivity (Wildman–Crippen MR) is 88.1 cm³/mol. The highest BCUT2D eigenvalue weighted by atomic mass is 35.5. The van der Waals surface area contributed by atoms with Crippen LogP contribution in [0.2, 0.25) is 0 Å². The standard InChI is InChI=1S/C16H20N2O2.ClH/c1-17-10-16(19)18(2)11-12-4-5-14-9-15(20-3)7-6-13(14)8-12;/h4-9,17H,10-11H2,1-3H3;1H. The Balaban J connectivity index is 0.00000220. The normalized spacial score (nSPS) is 10.0. The number of rotatable bonds is 5. The number of hydrogen-bond acceptors (Lipinski definition) is 3. The van der Waals surface area contributed by atoms with E-state index in [1.165, 1.54) is 0 Å². The molecule has 0 aliphatic heterocycles. The molecule has 0 saturated carbocycles. The number of nitrogens with zero attached hydrogens (tertiary/aromatic N) is 1. The lowest BCUT2D eigenvalue weighted by molar-refractivity contribution is -0.129. The lowest BCUT2D eigenvalue weighted by Crippen LogP contribution is -2.33. The van der Waals surface area contributed by atoms with Gasteiger partial charge in [-0.3, -0.25) is 4.79 Å². The van der Waals surface area contributed by atoms with E-state index in [0.29, 0.717) is 13.1 Å². The van der Waals surface area contributed by atoms with Gasteiger partial charge in [-0.15, -0.1) is 12.4 Å². The van der Waals surface area contributed by atoms with Crippen molar-refractivity contribution in [3.63, 3.8) is 0 Å². The Labute approximate surface area is 131 Å². The van der Waals surface area contributed by atoms with Crippen LogP contribution in [0.4, 0.5) is 0 Å². The molecule has 0 aliphatic rings. The van der Waals surface area contributed by atoms with Crippen LogP contribution in [0.5, 0.6) is 5.75 Å². The zero-order valence-corrected chi connectivity index (χ0v) is 13.4. The monoisotopic (exact) mass is 308 g/mol. The quantitative estimate of drug-likeness (QED) is 0.922. The van der Waals surface area contributed by atoms with E-state index in [1.807, 2.05) is 31.3 Å². The molecule has 5 heteroatoms. The maximum Gasteiger partial charge on any atom is 0.236 e. The van der Waals surface area contributed by atoms with Crippen LogP contribution in [-0.4, -0.2) is 38.6 Å².